The summed E-state index contributed by atoms with van der Waals surface area (Å²) in [5.74, 6) is -0.569. The molecule has 2 aliphatic rings. The Morgan fingerprint density at radius 1 is 1.18 bits per heavy atom. The van der Waals surface area contributed by atoms with Crippen LogP contribution in [-0.2, 0) is 27.3 Å². The van der Waals surface area contributed by atoms with Crippen molar-refractivity contribution in [3.63, 3.8) is 0 Å². The van der Waals surface area contributed by atoms with Gasteiger partial charge in [-0.15, -0.1) is 11.3 Å². The number of hydrogen-bond acceptors (Lipinski definition) is 5. The van der Waals surface area contributed by atoms with Crippen LogP contribution in [0, 0.1) is 13.8 Å². The van der Waals surface area contributed by atoms with E-state index in [4.69, 9.17) is 0 Å². The Morgan fingerprint density at radius 3 is 2.79 bits per heavy atom. The van der Waals surface area contributed by atoms with Crippen molar-refractivity contribution in [1.82, 2.24) is 10.2 Å². The van der Waals surface area contributed by atoms with Gasteiger partial charge in [-0.2, -0.15) is 5.10 Å². The van der Waals surface area contributed by atoms with Gasteiger partial charge in [0.2, 0.25) is 11.8 Å². The molecule has 0 fully saturated rings. The molecular formula is C25H30N4O3S. The van der Waals surface area contributed by atoms with Crippen LogP contribution < -0.4 is 10.3 Å². The maximum atomic E-state index is 13.3. The summed E-state index contributed by atoms with van der Waals surface area (Å²) >= 11 is 1.73. The number of carbonyl (C=O) groups excluding carboxylic acids is 3. The van der Waals surface area contributed by atoms with Gasteiger partial charge in [0.25, 0.3) is 5.91 Å². The van der Waals surface area contributed by atoms with E-state index in [-0.39, 0.29) is 36.3 Å². The van der Waals surface area contributed by atoms with Gasteiger partial charge in [0.15, 0.2) is 0 Å². The Hall–Kier alpha value is -3.00. The Bertz CT molecular complexity index is 1110. The zero-order valence-electron chi connectivity index (χ0n) is 19.4. The number of carbonyl (C=O) groups is 3. The second-order valence-electron chi connectivity index (χ2n) is 8.74. The smallest absolute Gasteiger partial charge is 0.268 e. The summed E-state index contributed by atoms with van der Waals surface area (Å²) in [5, 5.41) is 10.7. The van der Waals surface area contributed by atoms with Gasteiger partial charge in [-0.3, -0.25) is 14.4 Å². The zero-order chi connectivity index (χ0) is 23.5. The van der Waals surface area contributed by atoms with Crippen LogP contribution in [0.15, 0.2) is 34.7 Å². The minimum Gasteiger partial charge on any atom is -0.339 e. The number of nitrogens with one attached hydrogen (secondary N) is 1. The molecule has 1 unspecified atom stereocenters. The summed E-state index contributed by atoms with van der Waals surface area (Å²) in [7, 11) is 0. The van der Waals surface area contributed by atoms with Crippen molar-refractivity contribution in [2.45, 2.75) is 65.5 Å². The molecule has 0 aliphatic carbocycles. The number of nitrogens with zero attached hydrogens (tertiary/aromatic N) is 3. The van der Waals surface area contributed by atoms with Crippen molar-refractivity contribution in [3.05, 3.63) is 51.2 Å². The highest BCUT2D eigenvalue weighted by molar-refractivity contribution is 7.10. The summed E-state index contributed by atoms with van der Waals surface area (Å²) in [5.41, 5.74) is 4.09. The van der Waals surface area contributed by atoms with Crippen molar-refractivity contribution in [2.75, 3.05) is 11.6 Å². The highest BCUT2D eigenvalue weighted by Gasteiger charge is 2.31. The van der Waals surface area contributed by atoms with Crippen molar-refractivity contribution in [1.29, 1.82) is 0 Å². The van der Waals surface area contributed by atoms with Gasteiger partial charge in [0.05, 0.1) is 5.69 Å². The van der Waals surface area contributed by atoms with E-state index in [1.54, 1.807) is 11.3 Å². The number of fused-ring (bicyclic) bond motifs is 1. The lowest BCUT2D eigenvalue weighted by molar-refractivity contribution is -0.136. The average molecular weight is 467 g/mol. The van der Waals surface area contributed by atoms with E-state index < -0.39 is 6.04 Å². The Morgan fingerprint density at radius 2 is 2.00 bits per heavy atom. The van der Waals surface area contributed by atoms with Crippen LogP contribution in [0.25, 0.3) is 0 Å². The zero-order valence-corrected chi connectivity index (χ0v) is 20.2. The van der Waals surface area contributed by atoms with Gasteiger partial charge in [-0.05, 0) is 60.9 Å². The predicted octanol–water partition coefficient (Wildman–Crippen LogP) is 3.72. The maximum Gasteiger partial charge on any atom is 0.268 e. The van der Waals surface area contributed by atoms with Crippen LogP contribution in [0.4, 0.5) is 5.69 Å². The number of benzene rings is 1. The maximum absolute atomic E-state index is 13.3. The molecule has 33 heavy (non-hydrogen) atoms. The van der Waals surface area contributed by atoms with Gasteiger partial charge in [0.1, 0.15) is 11.8 Å². The lowest BCUT2D eigenvalue weighted by Gasteiger charge is -2.31. The number of hydrogen-bond donors (Lipinski definition) is 1. The van der Waals surface area contributed by atoms with Gasteiger partial charge in [-0.1, -0.05) is 25.5 Å². The standard InChI is InChI=1S/C25H30N4O3S/c1-4-5-20(25(32)28-12-10-22-18(15-28)11-13-33-22)26-24(31)19-8-9-23(30)29(27-19)21-14-16(2)6-7-17(21)3/h6-7,11,13-14,20H,4-5,8-10,12,15H2,1-3H3,(H,26,31). The molecule has 0 spiro atoms. The minimum absolute atomic E-state index is 0.0547. The average Bonchev–Trinajstić information content (AvgIpc) is 3.28. The first-order chi connectivity index (χ1) is 15.9. The summed E-state index contributed by atoms with van der Waals surface area (Å²) in [6.07, 6.45) is 2.66. The van der Waals surface area contributed by atoms with Gasteiger partial charge < -0.3 is 10.2 Å². The SMILES string of the molecule is CCCC(NC(=O)C1=NN(c2cc(C)ccc2C)C(=O)CC1)C(=O)N1CCc2sccc2C1. The fourth-order valence-corrected chi connectivity index (χ4v) is 5.19. The Balaban J connectivity index is 1.50. The van der Waals surface area contributed by atoms with E-state index in [1.165, 1.54) is 15.4 Å². The van der Waals surface area contributed by atoms with Gasteiger partial charge >= 0.3 is 0 Å². The number of hydrazone groups is 1. The van der Waals surface area contributed by atoms with Crippen molar-refractivity contribution in [3.8, 4) is 0 Å². The first kappa shape index (κ1) is 23.2. The summed E-state index contributed by atoms with van der Waals surface area (Å²) < 4.78 is 0. The molecule has 1 atom stereocenters. The molecule has 0 bridgehead atoms. The van der Waals surface area contributed by atoms with Crippen LogP contribution in [0.2, 0.25) is 0 Å². The molecule has 0 radical (unpaired) electrons. The van der Waals surface area contributed by atoms with E-state index in [0.29, 0.717) is 25.2 Å². The highest BCUT2D eigenvalue weighted by Crippen LogP contribution is 2.26. The van der Waals surface area contributed by atoms with Crippen LogP contribution in [-0.4, -0.2) is 40.9 Å². The molecule has 2 aromatic rings. The second kappa shape index (κ2) is 9.87. The largest absolute Gasteiger partial charge is 0.339 e. The van der Waals surface area contributed by atoms with Gasteiger partial charge in [-0.25, -0.2) is 5.01 Å². The fraction of sp³-hybridized carbons (Fsp3) is 0.440. The number of amides is 3. The van der Waals surface area contributed by atoms with Crippen molar-refractivity contribution in [2.24, 2.45) is 5.10 Å². The molecule has 1 N–H and O–H groups in total. The lowest BCUT2D eigenvalue weighted by Crippen LogP contribution is -2.51. The normalized spacial score (nSPS) is 16.8. The molecule has 4 rings (SSSR count). The molecule has 0 saturated heterocycles. The number of anilines is 1. The van der Waals surface area contributed by atoms with Crippen LogP contribution >= 0.6 is 11.3 Å². The lowest BCUT2D eigenvalue weighted by atomic mass is 10.0. The van der Waals surface area contributed by atoms with Gasteiger partial charge in [0, 0.05) is 30.8 Å². The van der Waals surface area contributed by atoms with Crippen LogP contribution in [0.3, 0.4) is 0 Å². The summed E-state index contributed by atoms with van der Waals surface area (Å²) in [4.78, 5) is 42.1. The fourth-order valence-electron chi connectivity index (χ4n) is 4.30. The number of rotatable bonds is 6. The third-order valence-electron chi connectivity index (χ3n) is 6.19. The van der Waals surface area contributed by atoms with Crippen LogP contribution in [0.1, 0.15) is 54.2 Å². The molecule has 0 saturated carbocycles. The van der Waals surface area contributed by atoms with Crippen molar-refractivity contribution < 1.29 is 14.4 Å². The third kappa shape index (κ3) is 5.00. The molecule has 3 amide bonds. The van der Waals surface area contributed by atoms with E-state index in [0.717, 1.165) is 24.0 Å². The number of thiophene rings is 1. The topological polar surface area (TPSA) is 82.1 Å². The van der Waals surface area contributed by atoms with Crippen LogP contribution in [0.5, 0.6) is 0 Å². The summed E-state index contributed by atoms with van der Waals surface area (Å²) in [6, 6.07) is 7.29. The molecule has 7 nitrogen and oxygen atoms in total. The molecular weight excluding hydrogens is 436 g/mol. The van der Waals surface area contributed by atoms with E-state index in [1.807, 2.05) is 43.9 Å². The Labute approximate surface area is 198 Å². The summed E-state index contributed by atoms with van der Waals surface area (Å²) in [6.45, 7) is 7.12. The molecule has 3 heterocycles. The molecule has 8 heteroatoms. The molecule has 174 valence electrons. The van der Waals surface area contributed by atoms with E-state index in [9.17, 15) is 14.4 Å². The number of aryl methyl sites for hydroxylation is 2. The predicted molar refractivity (Wildman–Crippen MR) is 130 cm³/mol. The quantitative estimate of drug-likeness (QED) is 0.705. The van der Waals surface area contributed by atoms with E-state index >= 15 is 0 Å². The van der Waals surface area contributed by atoms with E-state index in [2.05, 4.69) is 21.9 Å². The first-order valence-corrected chi connectivity index (χ1v) is 12.4. The first-order valence-electron chi connectivity index (χ1n) is 11.5. The third-order valence-corrected chi connectivity index (χ3v) is 7.21. The van der Waals surface area contributed by atoms with Crippen molar-refractivity contribution >= 4 is 40.5 Å². The molecule has 1 aromatic carbocycles. The highest BCUT2D eigenvalue weighted by atomic mass is 32.1. The monoisotopic (exact) mass is 466 g/mol. The second-order valence-corrected chi connectivity index (χ2v) is 9.74. The Kier molecular flexibility index (Phi) is 6.93. The molecule has 1 aromatic heterocycles. The minimum atomic E-state index is -0.600. The molecule has 2 aliphatic heterocycles.